The fraction of sp³-hybridized carbons (Fsp3) is 0.188. The molecule has 0 saturated carbocycles. The van der Waals surface area contributed by atoms with Gasteiger partial charge in [-0.2, -0.15) is 0 Å². The van der Waals surface area contributed by atoms with Crippen LogP contribution in [0, 0.1) is 17.0 Å². The van der Waals surface area contributed by atoms with Crippen LogP contribution in [0.3, 0.4) is 0 Å². The quantitative estimate of drug-likeness (QED) is 0.329. The summed E-state index contributed by atoms with van der Waals surface area (Å²) in [5.41, 5.74) is 1.01. The Balaban J connectivity index is 1.88. The van der Waals surface area contributed by atoms with Crippen molar-refractivity contribution < 1.29 is 19.2 Å². The average molecular weight is 380 g/mol. The second kappa shape index (κ2) is 7.73. The molecular formula is C16H14BrNO5. The number of ether oxygens (including phenoxy) is 2. The molecule has 2 rings (SSSR count). The van der Waals surface area contributed by atoms with Gasteiger partial charge in [0, 0.05) is 6.07 Å². The van der Waals surface area contributed by atoms with Crippen LogP contribution in [-0.2, 0) is 4.74 Å². The van der Waals surface area contributed by atoms with E-state index in [0.29, 0.717) is 10.2 Å². The van der Waals surface area contributed by atoms with Crippen LogP contribution in [0.1, 0.15) is 15.9 Å². The number of carbonyl (C=O) groups is 1. The number of carbonyl (C=O) groups excluding carboxylic acids is 1. The Kier molecular flexibility index (Phi) is 5.70. The Labute approximate surface area is 141 Å². The van der Waals surface area contributed by atoms with E-state index in [2.05, 4.69) is 15.9 Å². The van der Waals surface area contributed by atoms with E-state index in [-0.39, 0.29) is 24.5 Å². The zero-order chi connectivity index (χ0) is 16.8. The van der Waals surface area contributed by atoms with Gasteiger partial charge in [0.25, 0.3) is 5.69 Å². The van der Waals surface area contributed by atoms with Crippen molar-refractivity contribution in [3.63, 3.8) is 0 Å². The lowest BCUT2D eigenvalue weighted by atomic mass is 10.2. The second-order valence-corrected chi connectivity index (χ2v) is 5.58. The Bertz CT molecular complexity index is 732. The second-order valence-electron chi connectivity index (χ2n) is 4.72. The van der Waals surface area contributed by atoms with Gasteiger partial charge in [0.05, 0.1) is 15.0 Å². The van der Waals surface area contributed by atoms with Crippen LogP contribution in [0.25, 0.3) is 0 Å². The molecule has 0 amide bonds. The van der Waals surface area contributed by atoms with Gasteiger partial charge in [0.15, 0.2) is 0 Å². The predicted molar refractivity (Wildman–Crippen MR) is 87.8 cm³/mol. The summed E-state index contributed by atoms with van der Waals surface area (Å²) < 4.78 is 10.8. The summed E-state index contributed by atoms with van der Waals surface area (Å²) in [6.07, 6.45) is 0. The van der Waals surface area contributed by atoms with Crippen molar-refractivity contribution in [2.45, 2.75) is 6.92 Å². The highest BCUT2D eigenvalue weighted by molar-refractivity contribution is 9.10. The summed E-state index contributed by atoms with van der Waals surface area (Å²) in [6.45, 7) is 2.21. The Morgan fingerprint density at radius 2 is 2.00 bits per heavy atom. The molecule has 0 heterocycles. The highest BCUT2D eigenvalue weighted by atomic mass is 79.9. The summed E-state index contributed by atoms with van der Waals surface area (Å²) in [6, 6.07) is 11.6. The van der Waals surface area contributed by atoms with Crippen LogP contribution < -0.4 is 4.74 Å². The van der Waals surface area contributed by atoms with Crippen molar-refractivity contribution in [2.24, 2.45) is 0 Å². The number of rotatable bonds is 6. The standard InChI is InChI=1S/C16H14BrNO5/c1-11-3-2-4-13(9-11)22-7-8-23-16(19)12-5-6-14(17)15(10-12)18(20)21/h2-6,9-10H,7-8H2,1H3. The summed E-state index contributed by atoms with van der Waals surface area (Å²) in [7, 11) is 0. The van der Waals surface area contributed by atoms with Crippen molar-refractivity contribution >= 4 is 27.6 Å². The lowest BCUT2D eigenvalue weighted by Crippen LogP contribution is -2.12. The molecule has 2 aromatic rings. The SMILES string of the molecule is Cc1cccc(OCCOC(=O)c2ccc(Br)c([N+](=O)[O-])c2)c1. The van der Waals surface area contributed by atoms with Gasteiger partial charge in [-0.15, -0.1) is 0 Å². The monoisotopic (exact) mass is 379 g/mol. The van der Waals surface area contributed by atoms with Gasteiger partial charge in [-0.25, -0.2) is 4.79 Å². The van der Waals surface area contributed by atoms with Crippen LogP contribution in [-0.4, -0.2) is 24.1 Å². The molecule has 0 atom stereocenters. The van der Waals surface area contributed by atoms with E-state index in [4.69, 9.17) is 9.47 Å². The van der Waals surface area contributed by atoms with Crippen molar-refractivity contribution in [3.8, 4) is 5.75 Å². The van der Waals surface area contributed by atoms with E-state index in [1.165, 1.54) is 18.2 Å². The largest absolute Gasteiger partial charge is 0.490 e. The van der Waals surface area contributed by atoms with E-state index >= 15 is 0 Å². The zero-order valence-electron chi connectivity index (χ0n) is 12.3. The summed E-state index contributed by atoms with van der Waals surface area (Å²) in [5, 5.41) is 10.8. The van der Waals surface area contributed by atoms with Crippen LogP contribution in [0.4, 0.5) is 5.69 Å². The van der Waals surface area contributed by atoms with Gasteiger partial charge in [-0.1, -0.05) is 12.1 Å². The summed E-state index contributed by atoms with van der Waals surface area (Å²) >= 11 is 3.06. The van der Waals surface area contributed by atoms with Crippen LogP contribution in [0.15, 0.2) is 46.9 Å². The third kappa shape index (κ3) is 4.79. The van der Waals surface area contributed by atoms with Gasteiger partial charge < -0.3 is 9.47 Å². The molecule has 0 aliphatic carbocycles. The minimum absolute atomic E-state index is 0.0522. The maximum atomic E-state index is 11.9. The summed E-state index contributed by atoms with van der Waals surface area (Å²) in [5.74, 6) is 0.0637. The first-order valence-corrected chi connectivity index (χ1v) is 7.57. The van der Waals surface area contributed by atoms with E-state index in [1.807, 2.05) is 31.2 Å². The molecule has 0 spiro atoms. The first-order valence-electron chi connectivity index (χ1n) is 6.78. The minimum atomic E-state index is -0.631. The molecule has 7 heteroatoms. The molecule has 0 bridgehead atoms. The number of nitro groups is 1. The Morgan fingerprint density at radius 3 is 2.70 bits per heavy atom. The van der Waals surface area contributed by atoms with E-state index in [9.17, 15) is 14.9 Å². The molecule has 23 heavy (non-hydrogen) atoms. The number of nitrogens with zero attached hydrogens (tertiary/aromatic N) is 1. The molecule has 0 saturated heterocycles. The molecule has 0 radical (unpaired) electrons. The predicted octanol–water partition coefficient (Wildman–Crippen LogP) is 3.90. The van der Waals surface area contributed by atoms with E-state index < -0.39 is 10.9 Å². The van der Waals surface area contributed by atoms with Gasteiger partial charge in [-0.3, -0.25) is 10.1 Å². The molecule has 0 aliphatic heterocycles. The highest BCUT2D eigenvalue weighted by Crippen LogP contribution is 2.25. The lowest BCUT2D eigenvalue weighted by molar-refractivity contribution is -0.385. The summed E-state index contributed by atoms with van der Waals surface area (Å²) in [4.78, 5) is 22.2. The number of benzene rings is 2. The maximum Gasteiger partial charge on any atom is 0.338 e. The molecule has 6 nitrogen and oxygen atoms in total. The molecular weight excluding hydrogens is 366 g/mol. The number of hydrogen-bond donors (Lipinski definition) is 0. The number of esters is 1. The topological polar surface area (TPSA) is 78.7 Å². The average Bonchev–Trinajstić information content (AvgIpc) is 2.51. The van der Waals surface area contributed by atoms with Gasteiger partial charge in [-0.05, 0) is 52.7 Å². The molecule has 0 aromatic heterocycles. The van der Waals surface area contributed by atoms with Crippen molar-refractivity contribution in [1.82, 2.24) is 0 Å². The third-order valence-corrected chi connectivity index (χ3v) is 3.62. The van der Waals surface area contributed by atoms with Crippen molar-refractivity contribution in [2.75, 3.05) is 13.2 Å². The highest BCUT2D eigenvalue weighted by Gasteiger charge is 2.16. The fourth-order valence-electron chi connectivity index (χ4n) is 1.86. The molecule has 2 aromatic carbocycles. The molecule has 0 fully saturated rings. The fourth-order valence-corrected chi connectivity index (χ4v) is 2.25. The van der Waals surface area contributed by atoms with Gasteiger partial charge >= 0.3 is 5.97 Å². The smallest absolute Gasteiger partial charge is 0.338 e. The third-order valence-electron chi connectivity index (χ3n) is 2.95. The molecule has 0 unspecified atom stereocenters. The lowest BCUT2D eigenvalue weighted by Gasteiger charge is -2.08. The van der Waals surface area contributed by atoms with Crippen LogP contribution in [0.2, 0.25) is 0 Å². The first kappa shape index (κ1) is 17.0. The number of hydrogen-bond acceptors (Lipinski definition) is 5. The number of halogens is 1. The van der Waals surface area contributed by atoms with Crippen LogP contribution >= 0.6 is 15.9 Å². The first-order chi connectivity index (χ1) is 11.0. The molecule has 120 valence electrons. The van der Waals surface area contributed by atoms with Gasteiger partial charge in [0.2, 0.25) is 0 Å². The number of aryl methyl sites for hydroxylation is 1. The number of nitro benzene ring substituents is 1. The van der Waals surface area contributed by atoms with Crippen LogP contribution in [0.5, 0.6) is 5.75 Å². The normalized spacial score (nSPS) is 10.2. The Hall–Kier alpha value is -2.41. The zero-order valence-corrected chi connectivity index (χ0v) is 13.9. The van der Waals surface area contributed by atoms with Crippen molar-refractivity contribution in [3.05, 3.63) is 68.2 Å². The molecule has 0 N–H and O–H groups in total. The Morgan fingerprint density at radius 1 is 1.22 bits per heavy atom. The maximum absolute atomic E-state index is 11.9. The van der Waals surface area contributed by atoms with Crippen molar-refractivity contribution in [1.29, 1.82) is 0 Å². The van der Waals surface area contributed by atoms with E-state index in [1.54, 1.807) is 0 Å². The van der Waals surface area contributed by atoms with E-state index in [0.717, 1.165) is 5.56 Å². The minimum Gasteiger partial charge on any atom is -0.490 e. The van der Waals surface area contributed by atoms with Gasteiger partial charge in [0.1, 0.15) is 19.0 Å². The molecule has 0 aliphatic rings.